The second-order valence-electron chi connectivity index (χ2n) is 15.2. The van der Waals surface area contributed by atoms with Gasteiger partial charge >= 0.3 is 12.2 Å². The van der Waals surface area contributed by atoms with Crippen LogP contribution in [0.4, 0.5) is 18.0 Å². The number of nitrogens with one attached hydrogen (secondary N) is 4. The topological polar surface area (TPSA) is 154 Å². The van der Waals surface area contributed by atoms with Gasteiger partial charge in [0.25, 0.3) is 5.91 Å². The van der Waals surface area contributed by atoms with Gasteiger partial charge < -0.3 is 26.2 Å². The molecule has 4 N–H and O–H groups in total. The van der Waals surface area contributed by atoms with Gasteiger partial charge in [-0.25, -0.2) is 4.79 Å². The van der Waals surface area contributed by atoms with E-state index in [9.17, 15) is 41.9 Å². The third kappa shape index (κ3) is 11.3. The maximum Gasteiger partial charge on any atom is 0.389 e. The highest BCUT2D eigenvalue weighted by Gasteiger charge is 2.48. The van der Waals surface area contributed by atoms with E-state index < -0.39 is 84.1 Å². The molecular weight excluding hydrogens is 643 g/mol. The minimum atomic E-state index is -4.65. The molecule has 2 aliphatic carbocycles. The Labute approximate surface area is 287 Å². The lowest BCUT2D eigenvalue weighted by atomic mass is 9.81. The summed E-state index contributed by atoms with van der Waals surface area (Å²) in [5.74, 6) is -4.42. The molecule has 1 unspecified atom stereocenters. The molecule has 0 bridgehead atoms. The SMILES string of the molecule is C=CCNC(=O)C(=O)C(CCC(F)(F)F)NC(=O)[C@@H]1[C@@H](C(C)C)CCN1C(=O)[C@@H](NC(=O)N[C@H](C(=O)C1CC1)C1CCCCC1)C(C)(C)C. The molecule has 1 aliphatic heterocycles. The fraction of sp³-hybridized carbons (Fsp3) is 0.771. The van der Waals surface area contributed by atoms with Gasteiger partial charge in [-0.05, 0) is 61.7 Å². The van der Waals surface area contributed by atoms with Crippen molar-refractivity contribution in [2.24, 2.45) is 29.1 Å². The maximum atomic E-state index is 14.3. The van der Waals surface area contributed by atoms with Gasteiger partial charge in [-0.3, -0.25) is 24.0 Å². The lowest BCUT2D eigenvalue weighted by Crippen LogP contribution is -2.62. The summed E-state index contributed by atoms with van der Waals surface area (Å²) < 4.78 is 39.6. The summed E-state index contributed by atoms with van der Waals surface area (Å²) in [5, 5.41) is 10.3. The third-order valence-corrected chi connectivity index (χ3v) is 9.92. The highest BCUT2D eigenvalue weighted by atomic mass is 19.4. The molecule has 0 aromatic carbocycles. The Morgan fingerprint density at radius 3 is 2.06 bits per heavy atom. The van der Waals surface area contributed by atoms with E-state index in [0.29, 0.717) is 6.42 Å². The Hall–Kier alpha value is -3.45. The van der Waals surface area contributed by atoms with Crippen molar-refractivity contribution in [2.45, 2.75) is 129 Å². The number of carbonyl (C=O) groups is 6. The molecule has 5 amide bonds. The van der Waals surface area contributed by atoms with Crippen LogP contribution in [0.15, 0.2) is 12.7 Å². The zero-order chi connectivity index (χ0) is 36.7. The number of rotatable bonds is 15. The van der Waals surface area contributed by atoms with E-state index in [4.69, 9.17) is 0 Å². The van der Waals surface area contributed by atoms with Crippen molar-refractivity contribution in [2.75, 3.05) is 13.1 Å². The Morgan fingerprint density at radius 1 is 0.898 bits per heavy atom. The predicted molar refractivity (Wildman–Crippen MR) is 177 cm³/mol. The summed E-state index contributed by atoms with van der Waals surface area (Å²) in [7, 11) is 0. The molecule has 0 spiro atoms. The molecular formula is C35H54F3N5O6. The normalized spacial score (nSPS) is 22.1. The Bertz CT molecular complexity index is 1240. The summed E-state index contributed by atoms with van der Waals surface area (Å²) in [6, 6.07) is -5.42. The van der Waals surface area contributed by atoms with E-state index in [1.54, 1.807) is 20.8 Å². The van der Waals surface area contributed by atoms with Crippen molar-refractivity contribution >= 4 is 35.3 Å². The number of hydrogen-bond donors (Lipinski definition) is 4. The zero-order valence-corrected chi connectivity index (χ0v) is 29.4. The first-order valence-electron chi connectivity index (χ1n) is 17.6. The molecule has 3 rings (SSSR count). The number of amides is 5. The first-order chi connectivity index (χ1) is 22.9. The lowest BCUT2D eigenvalue weighted by Gasteiger charge is -2.37. The van der Waals surface area contributed by atoms with Crippen molar-refractivity contribution in [1.29, 1.82) is 0 Å². The van der Waals surface area contributed by atoms with Gasteiger partial charge in [-0.15, -0.1) is 6.58 Å². The highest BCUT2D eigenvalue weighted by molar-refractivity contribution is 6.38. The Balaban J connectivity index is 1.84. The van der Waals surface area contributed by atoms with Gasteiger partial charge in [0.2, 0.25) is 17.6 Å². The number of alkyl halides is 3. The number of carbonyl (C=O) groups excluding carboxylic acids is 6. The van der Waals surface area contributed by atoms with E-state index >= 15 is 0 Å². The highest BCUT2D eigenvalue weighted by Crippen LogP contribution is 2.36. The van der Waals surface area contributed by atoms with Gasteiger partial charge in [0.1, 0.15) is 12.1 Å². The first kappa shape index (κ1) is 40.0. The van der Waals surface area contributed by atoms with Crippen LogP contribution in [0.3, 0.4) is 0 Å². The first-order valence-corrected chi connectivity index (χ1v) is 17.6. The molecule has 0 aromatic heterocycles. The largest absolute Gasteiger partial charge is 0.389 e. The van der Waals surface area contributed by atoms with Crippen LogP contribution < -0.4 is 21.3 Å². The van der Waals surface area contributed by atoms with Gasteiger partial charge in [0.15, 0.2) is 5.78 Å². The summed E-state index contributed by atoms with van der Waals surface area (Å²) in [5.41, 5.74) is -0.847. The van der Waals surface area contributed by atoms with Crippen molar-refractivity contribution in [3.63, 3.8) is 0 Å². The van der Waals surface area contributed by atoms with E-state index in [-0.39, 0.29) is 36.6 Å². The maximum absolute atomic E-state index is 14.3. The molecule has 2 saturated carbocycles. The second kappa shape index (κ2) is 17.0. The quantitative estimate of drug-likeness (QED) is 0.149. The van der Waals surface area contributed by atoms with Crippen LogP contribution in [-0.4, -0.2) is 83.7 Å². The molecule has 276 valence electrons. The van der Waals surface area contributed by atoms with E-state index in [1.165, 1.54) is 11.0 Å². The molecule has 14 heteroatoms. The fourth-order valence-electron chi connectivity index (χ4n) is 6.98. The lowest BCUT2D eigenvalue weighted by molar-refractivity contribution is -0.147. The number of hydrogen-bond acceptors (Lipinski definition) is 6. The van der Waals surface area contributed by atoms with Crippen molar-refractivity contribution in [3.8, 4) is 0 Å². The molecule has 11 nitrogen and oxygen atoms in total. The minimum Gasteiger partial charge on any atom is -0.346 e. The van der Waals surface area contributed by atoms with E-state index in [1.807, 2.05) is 13.8 Å². The Morgan fingerprint density at radius 2 is 1.53 bits per heavy atom. The number of ketones is 2. The van der Waals surface area contributed by atoms with Gasteiger partial charge in [-0.1, -0.05) is 60.0 Å². The standard InChI is InChI=1S/C35H54F3N5O6/c1-7-18-39-31(47)28(45)24(15-17-35(36,37)38)40-30(46)26-23(20(2)3)16-19-43(26)32(48)29(34(4,5)6)42-33(49)41-25(27(44)22-13-14-22)21-11-9-8-10-12-21/h7,20-26,29H,1,8-19H2,2-6H3,(H,39,47)(H,40,46)(H2,41,42,49)/t23-,24?,25+,26+,29-/m1/s1. The summed E-state index contributed by atoms with van der Waals surface area (Å²) in [6.45, 7) is 12.4. The van der Waals surface area contributed by atoms with Crippen LogP contribution >= 0.6 is 0 Å². The van der Waals surface area contributed by atoms with Crippen molar-refractivity contribution in [3.05, 3.63) is 12.7 Å². The summed E-state index contributed by atoms with van der Waals surface area (Å²) in [4.78, 5) is 81.6. The molecule has 3 aliphatic rings. The van der Waals surface area contributed by atoms with E-state index in [0.717, 1.165) is 44.9 Å². The Kier molecular flexibility index (Phi) is 13.9. The molecule has 0 aromatic rings. The molecule has 5 atom stereocenters. The predicted octanol–water partition coefficient (Wildman–Crippen LogP) is 4.20. The van der Waals surface area contributed by atoms with Crippen LogP contribution in [0, 0.1) is 29.1 Å². The van der Waals surface area contributed by atoms with Crippen LogP contribution in [0.2, 0.25) is 0 Å². The molecule has 49 heavy (non-hydrogen) atoms. The smallest absolute Gasteiger partial charge is 0.346 e. The number of halogens is 3. The van der Waals surface area contributed by atoms with Crippen LogP contribution in [0.25, 0.3) is 0 Å². The van der Waals surface area contributed by atoms with Crippen LogP contribution in [0.5, 0.6) is 0 Å². The molecule has 0 radical (unpaired) electrons. The van der Waals surface area contributed by atoms with Gasteiger partial charge in [0.05, 0.1) is 12.1 Å². The van der Waals surface area contributed by atoms with E-state index in [2.05, 4.69) is 27.8 Å². The average Bonchev–Trinajstić information content (AvgIpc) is 3.78. The average molecular weight is 698 g/mol. The van der Waals surface area contributed by atoms with Gasteiger partial charge in [0, 0.05) is 25.4 Å². The monoisotopic (exact) mass is 697 g/mol. The zero-order valence-electron chi connectivity index (χ0n) is 29.4. The van der Waals surface area contributed by atoms with Gasteiger partial charge in [-0.2, -0.15) is 13.2 Å². The summed E-state index contributed by atoms with van der Waals surface area (Å²) in [6.07, 6.45) is 1.03. The summed E-state index contributed by atoms with van der Waals surface area (Å²) >= 11 is 0. The van der Waals surface area contributed by atoms with Crippen LogP contribution in [0.1, 0.15) is 98.8 Å². The number of nitrogens with zero attached hydrogens (tertiary/aromatic N) is 1. The minimum absolute atomic E-state index is 0.0155. The van der Waals surface area contributed by atoms with Crippen molar-refractivity contribution < 1.29 is 41.9 Å². The fourth-order valence-corrected chi connectivity index (χ4v) is 6.98. The number of likely N-dealkylation sites (tertiary alicyclic amines) is 1. The number of urea groups is 1. The molecule has 3 fully saturated rings. The second-order valence-corrected chi connectivity index (χ2v) is 15.2. The van der Waals surface area contributed by atoms with Crippen molar-refractivity contribution in [1.82, 2.24) is 26.2 Å². The third-order valence-electron chi connectivity index (χ3n) is 9.92. The number of Topliss-reactive ketones (excluding diaryl/α,β-unsaturated/α-hetero) is 2. The molecule has 1 saturated heterocycles. The van der Waals surface area contributed by atoms with Crippen LogP contribution in [-0.2, 0) is 24.0 Å². The molecule has 1 heterocycles.